The zero-order chi connectivity index (χ0) is 30.5. The summed E-state index contributed by atoms with van der Waals surface area (Å²) in [4.78, 5) is 0. The normalized spacial score (nSPS) is 12.0. The lowest BCUT2D eigenvalue weighted by Crippen LogP contribution is -2.06. The van der Waals surface area contributed by atoms with Crippen LogP contribution in [0.25, 0.3) is 0 Å². The number of rotatable bonds is 5. The molecule has 7 heteroatoms. The molecule has 5 rings (SSSR count). The number of para-hydroxylation sites is 1. The van der Waals surface area contributed by atoms with E-state index >= 15 is 0 Å². The maximum atomic E-state index is 11.5. The fraction of sp³-hybridized carbons (Fsp3) is 0.250. The number of benzene rings is 4. The van der Waals surface area contributed by atoms with Gasteiger partial charge in [0.15, 0.2) is 0 Å². The highest BCUT2D eigenvalue weighted by Crippen LogP contribution is 2.39. The van der Waals surface area contributed by atoms with E-state index in [4.69, 9.17) is 4.74 Å². The Morgan fingerprint density at radius 3 is 1.14 bits per heavy atom. The van der Waals surface area contributed by atoms with Crippen LogP contribution in [0.5, 0.6) is 23.0 Å². The second kappa shape index (κ2) is 12.6. The van der Waals surface area contributed by atoms with Gasteiger partial charge >= 0.3 is 0 Å². The molecule has 0 fully saturated rings. The van der Waals surface area contributed by atoms with Crippen molar-refractivity contribution in [2.24, 2.45) is 0 Å². The highest BCUT2D eigenvalue weighted by molar-refractivity contribution is 5.57. The van der Waals surface area contributed by atoms with Gasteiger partial charge in [-0.1, -0.05) is 54.6 Å². The third-order valence-corrected chi connectivity index (χ3v) is 7.82. The Bertz CT molecular complexity index is 1720. The summed E-state index contributed by atoms with van der Waals surface area (Å²) in [5.74, 6) is 0.838. The molecule has 7 nitrogen and oxygen atoms in total. The molecule has 3 N–H and O–H groups in total. The molecule has 0 amide bonds. The molecule has 1 aliphatic rings. The van der Waals surface area contributed by atoms with Gasteiger partial charge in [0.2, 0.25) is 0 Å². The van der Waals surface area contributed by atoms with Gasteiger partial charge in [0.05, 0.1) is 44.1 Å². The van der Waals surface area contributed by atoms with Crippen molar-refractivity contribution in [3.63, 3.8) is 0 Å². The minimum Gasteiger partial charge on any atom is -0.507 e. The van der Waals surface area contributed by atoms with Gasteiger partial charge in [0, 0.05) is 25.7 Å². The second-order valence-electron chi connectivity index (χ2n) is 10.8. The molecule has 0 aliphatic heterocycles. The van der Waals surface area contributed by atoms with Crippen molar-refractivity contribution < 1.29 is 20.1 Å². The SMILES string of the molecule is CCOc1c2cccc1Cc1cc(CC#N)cc(c1O)Cc1cc(CC#N)cc(c1O)Cc1cc(CC#N)cc(c1O)C2. The molecule has 43 heavy (non-hydrogen) atoms. The molecular formula is C36H31N3O4. The number of aromatic hydroxyl groups is 3. The molecule has 0 saturated heterocycles. The van der Waals surface area contributed by atoms with Crippen molar-refractivity contribution >= 4 is 0 Å². The van der Waals surface area contributed by atoms with Crippen LogP contribution in [0.4, 0.5) is 0 Å². The molecule has 0 saturated carbocycles. The lowest BCUT2D eigenvalue weighted by molar-refractivity contribution is 0.333. The van der Waals surface area contributed by atoms with Gasteiger partial charge in [0.1, 0.15) is 23.0 Å². The molecule has 4 aromatic carbocycles. The predicted molar refractivity (Wildman–Crippen MR) is 161 cm³/mol. The molecule has 8 bridgehead atoms. The average molecular weight is 570 g/mol. The lowest BCUT2D eigenvalue weighted by atomic mass is 9.88. The first-order valence-electron chi connectivity index (χ1n) is 14.2. The second-order valence-corrected chi connectivity index (χ2v) is 10.8. The third kappa shape index (κ3) is 6.10. The number of hydrogen-bond donors (Lipinski definition) is 3. The molecule has 0 atom stereocenters. The summed E-state index contributed by atoms with van der Waals surface area (Å²) in [5.41, 5.74) is 7.29. The number of nitrogens with zero attached hydrogens (tertiary/aromatic N) is 3. The smallest absolute Gasteiger partial charge is 0.126 e. The fourth-order valence-corrected chi connectivity index (χ4v) is 5.95. The first-order chi connectivity index (χ1) is 20.8. The summed E-state index contributed by atoms with van der Waals surface area (Å²) in [6.45, 7) is 2.32. The van der Waals surface area contributed by atoms with Crippen LogP contribution < -0.4 is 4.74 Å². The van der Waals surface area contributed by atoms with E-state index in [1.807, 2.05) is 37.3 Å². The van der Waals surface area contributed by atoms with Crippen LogP contribution in [-0.2, 0) is 44.9 Å². The number of hydrogen-bond acceptors (Lipinski definition) is 7. The number of nitriles is 3. The molecule has 0 heterocycles. The Morgan fingerprint density at radius 1 is 0.558 bits per heavy atom. The Labute approximate surface area is 251 Å². The van der Waals surface area contributed by atoms with Crippen LogP contribution in [0.3, 0.4) is 0 Å². The number of ether oxygens (including phenoxy) is 1. The highest BCUT2D eigenvalue weighted by Gasteiger charge is 2.21. The predicted octanol–water partition coefficient (Wildman–Crippen LogP) is 6.08. The molecule has 214 valence electrons. The third-order valence-electron chi connectivity index (χ3n) is 7.82. The van der Waals surface area contributed by atoms with Crippen molar-refractivity contribution in [2.75, 3.05) is 6.61 Å². The van der Waals surface area contributed by atoms with Gasteiger partial charge in [-0.25, -0.2) is 0 Å². The Kier molecular flexibility index (Phi) is 8.51. The van der Waals surface area contributed by atoms with Crippen LogP contribution in [0.2, 0.25) is 0 Å². The average Bonchev–Trinajstić information content (AvgIpc) is 2.97. The summed E-state index contributed by atoms with van der Waals surface area (Å²) >= 11 is 0. The molecular weight excluding hydrogens is 538 g/mol. The van der Waals surface area contributed by atoms with E-state index in [0.29, 0.717) is 64.1 Å². The molecule has 4 aromatic rings. The molecule has 0 aromatic heterocycles. The van der Waals surface area contributed by atoms with Crippen LogP contribution in [-0.4, -0.2) is 21.9 Å². The van der Waals surface area contributed by atoms with Gasteiger partial charge in [-0.2, -0.15) is 15.8 Å². The van der Waals surface area contributed by atoms with Crippen LogP contribution in [0.1, 0.15) is 68.1 Å². The molecule has 1 aliphatic carbocycles. The van der Waals surface area contributed by atoms with Gasteiger partial charge in [-0.3, -0.25) is 0 Å². The summed E-state index contributed by atoms with van der Waals surface area (Å²) in [6, 6.07) is 23.1. The van der Waals surface area contributed by atoms with E-state index in [-0.39, 0.29) is 49.4 Å². The minimum atomic E-state index is 0.0101. The van der Waals surface area contributed by atoms with Crippen molar-refractivity contribution in [2.45, 2.75) is 51.9 Å². The standard InChI is InChI=1S/C36H31N3O4/c1-2-43-36-25-4-3-5-26(36)19-28-13-23(7-10-38)15-30(34(28)41)21-32-17-24(8-11-39)16-31(35(32)42)20-29-14-22(6-9-37)12-27(18-25)33(29)40/h3-5,12-17,40-42H,2,6-8,18-21H2,1H3. The van der Waals surface area contributed by atoms with E-state index in [9.17, 15) is 31.1 Å². The van der Waals surface area contributed by atoms with E-state index in [0.717, 1.165) is 22.3 Å². The Balaban J connectivity index is 1.80. The Morgan fingerprint density at radius 2 is 0.860 bits per heavy atom. The number of fused-ring (bicyclic) bond motifs is 8. The molecule has 0 radical (unpaired) electrons. The monoisotopic (exact) mass is 569 g/mol. The van der Waals surface area contributed by atoms with Crippen LogP contribution in [0.15, 0.2) is 54.6 Å². The van der Waals surface area contributed by atoms with Crippen molar-refractivity contribution in [3.8, 4) is 41.2 Å². The summed E-state index contributed by atoms with van der Waals surface area (Å²) in [7, 11) is 0. The Hall–Kier alpha value is -5.45. The van der Waals surface area contributed by atoms with E-state index in [1.165, 1.54) is 0 Å². The van der Waals surface area contributed by atoms with E-state index < -0.39 is 0 Å². The van der Waals surface area contributed by atoms with Crippen molar-refractivity contribution in [1.82, 2.24) is 0 Å². The number of phenols is 3. The maximum absolute atomic E-state index is 11.5. The number of phenolic OH excluding ortho intramolecular Hbond substituents is 3. The fourth-order valence-electron chi connectivity index (χ4n) is 5.95. The van der Waals surface area contributed by atoms with Crippen molar-refractivity contribution in [3.05, 3.63) is 116 Å². The zero-order valence-electron chi connectivity index (χ0n) is 23.9. The molecule has 0 unspecified atom stereocenters. The van der Waals surface area contributed by atoms with Gasteiger partial charge in [0.25, 0.3) is 0 Å². The topological polar surface area (TPSA) is 141 Å². The van der Waals surface area contributed by atoms with Gasteiger partial charge in [-0.15, -0.1) is 0 Å². The quantitative estimate of drug-likeness (QED) is 0.233. The van der Waals surface area contributed by atoms with E-state index in [2.05, 4.69) is 18.2 Å². The highest BCUT2D eigenvalue weighted by atomic mass is 16.5. The first-order valence-corrected chi connectivity index (χ1v) is 14.2. The summed E-state index contributed by atoms with van der Waals surface area (Å²) in [5, 5.41) is 62.9. The lowest BCUT2D eigenvalue weighted by Gasteiger charge is -2.20. The van der Waals surface area contributed by atoms with Crippen LogP contribution in [0, 0.1) is 34.0 Å². The first kappa shape index (κ1) is 29.1. The van der Waals surface area contributed by atoms with Crippen LogP contribution >= 0.6 is 0 Å². The minimum absolute atomic E-state index is 0.0101. The molecule has 0 spiro atoms. The van der Waals surface area contributed by atoms with E-state index in [1.54, 1.807) is 24.3 Å². The summed E-state index contributed by atoms with van der Waals surface area (Å²) in [6.07, 6.45) is 1.43. The summed E-state index contributed by atoms with van der Waals surface area (Å²) < 4.78 is 6.15. The van der Waals surface area contributed by atoms with Crippen molar-refractivity contribution in [1.29, 1.82) is 15.8 Å². The van der Waals surface area contributed by atoms with Gasteiger partial charge < -0.3 is 20.1 Å². The van der Waals surface area contributed by atoms with Gasteiger partial charge in [-0.05, 0) is 68.1 Å². The maximum Gasteiger partial charge on any atom is 0.126 e. The largest absolute Gasteiger partial charge is 0.507 e. The zero-order valence-corrected chi connectivity index (χ0v) is 23.9.